The summed E-state index contributed by atoms with van der Waals surface area (Å²) in [4.78, 5) is 24.9. The molecule has 0 aliphatic carbocycles. The summed E-state index contributed by atoms with van der Waals surface area (Å²) in [5.74, 6) is -0.366. The van der Waals surface area contributed by atoms with E-state index in [1.807, 2.05) is 0 Å². The fraction of sp³-hybridized carbons (Fsp3) is 0. The Morgan fingerprint density at radius 3 is 2.90 bits per heavy atom. The van der Waals surface area contributed by atoms with Gasteiger partial charge in [-0.25, -0.2) is 9.97 Å². The van der Waals surface area contributed by atoms with Gasteiger partial charge < -0.3 is 10.1 Å². The minimum absolute atomic E-state index is 0.176. The van der Waals surface area contributed by atoms with Crippen LogP contribution in [0.1, 0.15) is 10.5 Å². The molecule has 52 valence electrons. The van der Waals surface area contributed by atoms with Crippen LogP contribution in [0.3, 0.4) is 0 Å². The van der Waals surface area contributed by atoms with Crippen molar-refractivity contribution in [3.05, 3.63) is 22.1 Å². The van der Waals surface area contributed by atoms with Crippen LogP contribution in [-0.2, 0) is 0 Å². The zero-order valence-corrected chi connectivity index (χ0v) is 4.77. The SMILES string of the molecule is O=Cc1nc[nH]c1[N+](=O)[O-]. The predicted octanol–water partition coefficient (Wildman–Crippen LogP) is 0.130. The average molecular weight is 141 g/mol. The maximum Gasteiger partial charge on any atom is 0.351 e. The van der Waals surface area contributed by atoms with Crippen molar-refractivity contribution in [3.63, 3.8) is 0 Å². The van der Waals surface area contributed by atoms with Crippen LogP contribution in [0.15, 0.2) is 6.33 Å². The fourth-order valence-corrected chi connectivity index (χ4v) is 0.531. The summed E-state index contributed by atoms with van der Waals surface area (Å²) in [7, 11) is 0. The van der Waals surface area contributed by atoms with E-state index in [0.717, 1.165) is 6.33 Å². The number of rotatable bonds is 2. The van der Waals surface area contributed by atoms with Crippen molar-refractivity contribution in [2.45, 2.75) is 0 Å². The maximum atomic E-state index is 10.0. The highest BCUT2D eigenvalue weighted by Gasteiger charge is 2.12. The van der Waals surface area contributed by atoms with E-state index in [2.05, 4.69) is 9.97 Å². The van der Waals surface area contributed by atoms with Crippen molar-refractivity contribution >= 4 is 12.1 Å². The van der Waals surface area contributed by atoms with Crippen LogP contribution in [0.25, 0.3) is 0 Å². The van der Waals surface area contributed by atoms with Gasteiger partial charge >= 0.3 is 5.82 Å². The number of imidazole rings is 1. The lowest BCUT2D eigenvalue weighted by atomic mass is 10.5. The smallest absolute Gasteiger partial charge is 0.351 e. The number of aromatic amines is 1. The van der Waals surface area contributed by atoms with Gasteiger partial charge in [-0.05, 0) is 4.92 Å². The molecule has 0 spiro atoms. The lowest BCUT2D eigenvalue weighted by Gasteiger charge is -1.86. The Morgan fingerprint density at radius 1 is 1.80 bits per heavy atom. The highest BCUT2D eigenvalue weighted by atomic mass is 16.6. The molecule has 0 bridgehead atoms. The molecule has 10 heavy (non-hydrogen) atoms. The second-order valence-corrected chi connectivity index (χ2v) is 1.51. The van der Waals surface area contributed by atoms with Gasteiger partial charge in [0.1, 0.15) is 0 Å². The van der Waals surface area contributed by atoms with Gasteiger partial charge in [0.2, 0.25) is 0 Å². The van der Waals surface area contributed by atoms with Crippen LogP contribution < -0.4 is 0 Å². The summed E-state index contributed by atoms with van der Waals surface area (Å²) in [5.41, 5.74) is -0.176. The number of aldehydes is 1. The number of hydrogen-bond acceptors (Lipinski definition) is 4. The van der Waals surface area contributed by atoms with E-state index in [9.17, 15) is 14.9 Å². The number of nitro groups is 1. The first-order valence-electron chi connectivity index (χ1n) is 2.38. The first-order valence-corrected chi connectivity index (χ1v) is 2.38. The number of nitrogens with zero attached hydrogens (tertiary/aromatic N) is 2. The third-order valence-corrected chi connectivity index (χ3v) is 0.942. The second kappa shape index (κ2) is 2.26. The minimum Gasteiger partial charge on any atom is -0.358 e. The van der Waals surface area contributed by atoms with Crippen molar-refractivity contribution in [1.29, 1.82) is 0 Å². The van der Waals surface area contributed by atoms with E-state index in [-0.39, 0.29) is 11.5 Å². The summed E-state index contributed by atoms with van der Waals surface area (Å²) in [5, 5.41) is 10.0. The number of aromatic nitrogens is 2. The molecule has 0 atom stereocenters. The number of carbonyl (C=O) groups is 1. The first kappa shape index (κ1) is 6.40. The van der Waals surface area contributed by atoms with Gasteiger partial charge in [0.25, 0.3) is 0 Å². The average Bonchev–Trinajstić information content (AvgIpc) is 2.33. The third-order valence-electron chi connectivity index (χ3n) is 0.942. The molecule has 0 radical (unpaired) electrons. The van der Waals surface area contributed by atoms with Crippen molar-refractivity contribution in [2.75, 3.05) is 0 Å². The molecule has 1 aromatic heterocycles. The monoisotopic (exact) mass is 141 g/mol. The van der Waals surface area contributed by atoms with Crippen LogP contribution >= 0.6 is 0 Å². The molecule has 0 amide bonds. The molecular formula is C4H3N3O3. The van der Waals surface area contributed by atoms with Gasteiger partial charge in [0.15, 0.2) is 18.3 Å². The zero-order valence-electron chi connectivity index (χ0n) is 4.77. The number of nitrogens with one attached hydrogen (secondary N) is 1. The van der Waals surface area contributed by atoms with Crippen LogP contribution in [0.2, 0.25) is 0 Å². The molecule has 1 aromatic rings. The van der Waals surface area contributed by atoms with E-state index < -0.39 is 4.92 Å². The van der Waals surface area contributed by atoms with E-state index >= 15 is 0 Å². The summed E-state index contributed by atoms with van der Waals surface area (Å²) in [6, 6.07) is 0. The van der Waals surface area contributed by atoms with Crippen LogP contribution in [-0.4, -0.2) is 21.2 Å². The Hall–Kier alpha value is -1.72. The van der Waals surface area contributed by atoms with E-state index in [1.165, 1.54) is 0 Å². The van der Waals surface area contributed by atoms with Crippen molar-refractivity contribution in [1.82, 2.24) is 9.97 Å². The second-order valence-electron chi connectivity index (χ2n) is 1.51. The lowest BCUT2D eigenvalue weighted by Crippen LogP contribution is -1.92. The normalized spacial score (nSPS) is 9.20. The molecular weight excluding hydrogens is 138 g/mol. The fourth-order valence-electron chi connectivity index (χ4n) is 0.531. The van der Waals surface area contributed by atoms with Gasteiger partial charge in [-0.1, -0.05) is 0 Å². The molecule has 0 saturated carbocycles. The van der Waals surface area contributed by atoms with Gasteiger partial charge in [0, 0.05) is 0 Å². The number of hydrogen-bond donors (Lipinski definition) is 1. The molecule has 0 aliphatic heterocycles. The van der Waals surface area contributed by atoms with Gasteiger partial charge in [-0.2, -0.15) is 0 Å². The summed E-state index contributed by atoms with van der Waals surface area (Å²) in [6.07, 6.45) is 1.43. The summed E-state index contributed by atoms with van der Waals surface area (Å²) < 4.78 is 0. The molecule has 1 heterocycles. The van der Waals surface area contributed by atoms with E-state index in [0.29, 0.717) is 6.29 Å². The minimum atomic E-state index is -0.698. The largest absolute Gasteiger partial charge is 0.358 e. The van der Waals surface area contributed by atoms with Gasteiger partial charge in [0.05, 0.1) is 0 Å². The quantitative estimate of drug-likeness (QED) is 0.360. The maximum absolute atomic E-state index is 10.0. The highest BCUT2D eigenvalue weighted by Crippen LogP contribution is 2.08. The van der Waals surface area contributed by atoms with Crippen molar-refractivity contribution in [2.24, 2.45) is 0 Å². The molecule has 6 heteroatoms. The Bertz CT molecular complexity index is 266. The number of H-pyrrole nitrogens is 1. The Labute approximate surface area is 55.0 Å². The summed E-state index contributed by atoms with van der Waals surface area (Å²) >= 11 is 0. The Kier molecular flexibility index (Phi) is 1.44. The molecule has 6 nitrogen and oxygen atoms in total. The first-order chi connectivity index (χ1) is 4.75. The van der Waals surface area contributed by atoms with Gasteiger partial charge in [-0.3, -0.25) is 4.79 Å². The molecule has 1 rings (SSSR count). The third kappa shape index (κ3) is 0.859. The highest BCUT2D eigenvalue weighted by molar-refractivity contribution is 5.76. The zero-order chi connectivity index (χ0) is 7.56. The Balaban J connectivity index is 3.13. The molecule has 0 unspecified atom stereocenters. The molecule has 0 saturated heterocycles. The van der Waals surface area contributed by atoms with Crippen LogP contribution in [0.4, 0.5) is 5.82 Å². The molecule has 1 N–H and O–H groups in total. The van der Waals surface area contributed by atoms with Crippen LogP contribution in [0, 0.1) is 10.1 Å². The summed E-state index contributed by atoms with van der Waals surface area (Å²) in [6.45, 7) is 0. The van der Waals surface area contributed by atoms with Crippen LogP contribution in [0.5, 0.6) is 0 Å². The standard InChI is InChI=1S/C4H3N3O3/c8-1-3-4(7(9)10)6-2-5-3/h1-2H,(H,5,6). The molecule has 0 fully saturated rings. The van der Waals surface area contributed by atoms with E-state index in [4.69, 9.17) is 0 Å². The molecule has 0 aromatic carbocycles. The predicted molar refractivity (Wildman–Crippen MR) is 30.6 cm³/mol. The number of carbonyl (C=O) groups excluding carboxylic acids is 1. The van der Waals surface area contributed by atoms with Gasteiger partial charge in [-0.15, -0.1) is 0 Å². The lowest BCUT2D eigenvalue weighted by molar-refractivity contribution is -0.389. The Morgan fingerprint density at radius 2 is 2.50 bits per heavy atom. The van der Waals surface area contributed by atoms with E-state index in [1.54, 1.807) is 0 Å². The topological polar surface area (TPSA) is 88.9 Å². The molecule has 0 aliphatic rings. The van der Waals surface area contributed by atoms with Crippen molar-refractivity contribution in [3.8, 4) is 0 Å². The van der Waals surface area contributed by atoms with Crippen molar-refractivity contribution < 1.29 is 9.72 Å².